The third kappa shape index (κ3) is 4.66. The minimum absolute atomic E-state index is 0.0141. The number of benzene rings is 1. The van der Waals surface area contributed by atoms with Crippen molar-refractivity contribution in [3.8, 4) is 0 Å². The number of nitrogens with one attached hydrogen (secondary N) is 2. The van der Waals surface area contributed by atoms with Crippen LogP contribution in [0.5, 0.6) is 0 Å². The molecular formula is C21H25N5OS. The molecule has 3 heterocycles. The Bertz CT molecular complexity index is 934. The van der Waals surface area contributed by atoms with Crippen LogP contribution in [0.4, 0.5) is 5.82 Å². The number of carbonyl (C=O) groups excluding carboxylic acids is 1. The van der Waals surface area contributed by atoms with Gasteiger partial charge in [-0.15, -0.1) is 11.3 Å². The van der Waals surface area contributed by atoms with Crippen LogP contribution in [-0.2, 0) is 11.3 Å². The van der Waals surface area contributed by atoms with Crippen LogP contribution in [-0.4, -0.2) is 46.5 Å². The van der Waals surface area contributed by atoms with Crippen molar-refractivity contribution in [2.75, 3.05) is 25.0 Å². The zero-order valence-corrected chi connectivity index (χ0v) is 16.8. The fourth-order valence-corrected chi connectivity index (χ4v) is 4.48. The van der Waals surface area contributed by atoms with Gasteiger partial charge in [-0.3, -0.25) is 9.69 Å². The summed E-state index contributed by atoms with van der Waals surface area (Å²) in [5, 5.41) is 7.30. The number of hydrogen-bond donors (Lipinski definition) is 2. The van der Waals surface area contributed by atoms with Gasteiger partial charge in [0.05, 0.1) is 11.9 Å². The number of anilines is 1. The minimum atomic E-state index is 0.0141. The van der Waals surface area contributed by atoms with Gasteiger partial charge in [0.25, 0.3) is 0 Å². The maximum Gasteiger partial charge on any atom is 0.239 e. The van der Waals surface area contributed by atoms with Crippen LogP contribution in [0.2, 0.25) is 0 Å². The van der Waals surface area contributed by atoms with Crippen LogP contribution < -0.4 is 10.6 Å². The van der Waals surface area contributed by atoms with Crippen molar-refractivity contribution >= 4 is 33.3 Å². The fourth-order valence-electron chi connectivity index (χ4n) is 3.64. The van der Waals surface area contributed by atoms with E-state index in [1.54, 1.807) is 17.7 Å². The summed E-state index contributed by atoms with van der Waals surface area (Å²) in [7, 11) is 0. The van der Waals surface area contributed by atoms with Gasteiger partial charge < -0.3 is 10.6 Å². The number of thiophene rings is 1. The van der Waals surface area contributed by atoms with Crippen molar-refractivity contribution in [2.45, 2.75) is 32.4 Å². The Labute approximate surface area is 169 Å². The molecule has 4 rings (SSSR count). The Hall–Kier alpha value is -2.51. The summed E-state index contributed by atoms with van der Waals surface area (Å²) < 4.78 is 0. The maximum atomic E-state index is 12.4. The number of likely N-dealkylation sites (tertiary alicyclic amines) is 1. The largest absolute Gasteiger partial charge is 0.360 e. The first-order valence-corrected chi connectivity index (χ1v) is 10.5. The fraction of sp³-hybridized carbons (Fsp3) is 0.381. The molecule has 0 radical (unpaired) electrons. The van der Waals surface area contributed by atoms with E-state index < -0.39 is 0 Å². The number of aryl methyl sites for hydroxylation is 1. The lowest BCUT2D eigenvalue weighted by Crippen LogP contribution is -2.45. The molecule has 28 heavy (non-hydrogen) atoms. The molecule has 1 aromatic carbocycles. The van der Waals surface area contributed by atoms with E-state index in [-0.39, 0.29) is 18.5 Å². The molecule has 0 unspecified atom stereocenters. The van der Waals surface area contributed by atoms with Gasteiger partial charge in [-0.1, -0.05) is 30.3 Å². The molecular weight excluding hydrogens is 370 g/mol. The number of fused-ring (bicyclic) bond motifs is 1. The van der Waals surface area contributed by atoms with Gasteiger partial charge in [-0.05, 0) is 31.4 Å². The molecule has 146 valence electrons. The molecule has 0 spiro atoms. The molecule has 3 aromatic rings. The van der Waals surface area contributed by atoms with Gasteiger partial charge in [0.2, 0.25) is 5.91 Å². The maximum absolute atomic E-state index is 12.4. The molecule has 7 heteroatoms. The second-order valence-corrected chi connectivity index (χ2v) is 8.49. The van der Waals surface area contributed by atoms with E-state index in [0.29, 0.717) is 0 Å². The lowest BCUT2D eigenvalue weighted by molar-refractivity contribution is -0.120. The van der Waals surface area contributed by atoms with Crippen molar-refractivity contribution in [3.05, 3.63) is 53.2 Å². The molecule has 2 N–H and O–H groups in total. The molecule has 6 nitrogen and oxygen atoms in total. The quantitative estimate of drug-likeness (QED) is 0.671. The van der Waals surface area contributed by atoms with E-state index in [9.17, 15) is 4.79 Å². The first-order chi connectivity index (χ1) is 13.7. The molecule has 0 atom stereocenters. The highest BCUT2D eigenvalue weighted by Gasteiger charge is 2.20. The number of carbonyl (C=O) groups is 1. The van der Waals surface area contributed by atoms with E-state index in [1.807, 2.05) is 13.0 Å². The van der Waals surface area contributed by atoms with E-state index in [1.165, 1.54) is 10.4 Å². The molecule has 0 saturated carbocycles. The highest BCUT2D eigenvalue weighted by molar-refractivity contribution is 7.18. The highest BCUT2D eigenvalue weighted by Crippen LogP contribution is 2.27. The molecule has 1 amide bonds. The third-order valence-corrected chi connectivity index (χ3v) is 6.03. The first kappa shape index (κ1) is 18.8. The van der Waals surface area contributed by atoms with Gasteiger partial charge in [0.15, 0.2) is 0 Å². The Morgan fingerprint density at radius 1 is 1.21 bits per heavy atom. The summed E-state index contributed by atoms with van der Waals surface area (Å²) in [6.45, 7) is 5.27. The van der Waals surface area contributed by atoms with Crippen LogP contribution in [0.25, 0.3) is 10.2 Å². The number of amides is 1. The van der Waals surface area contributed by atoms with Crippen LogP contribution in [0.15, 0.2) is 42.7 Å². The molecule has 1 saturated heterocycles. The van der Waals surface area contributed by atoms with Crippen molar-refractivity contribution in [3.63, 3.8) is 0 Å². The van der Waals surface area contributed by atoms with E-state index in [4.69, 9.17) is 0 Å². The second-order valence-electron chi connectivity index (χ2n) is 7.26. The molecule has 2 aromatic heterocycles. The van der Waals surface area contributed by atoms with Gasteiger partial charge in [-0.25, -0.2) is 9.97 Å². The zero-order chi connectivity index (χ0) is 19.3. The normalized spacial score (nSPS) is 15.6. The van der Waals surface area contributed by atoms with Crippen LogP contribution >= 0.6 is 11.3 Å². The van der Waals surface area contributed by atoms with Gasteiger partial charge >= 0.3 is 0 Å². The predicted molar refractivity (Wildman–Crippen MR) is 114 cm³/mol. The summed E-state index contributed by atoms with van der Waals surface area (Å²) in [6, 6.07) is 12.8. The zero-order valence-electron chi connectivity index (χ0n) is 16.0. The summed E-state index contributed by atoms with van der Waals surface area (Å²) in [6.07, 6.45) is 3.51. The summed E-state index contributed by atoms with van der Waals surface area (Å²) >= 11 is 1.63. The Morgan fingerprint density at radius 2 is 2.00 bits per heavy atom. The summed E-state index contributed by atoms with van der Waals surface area (Å²) in [5.74, 6) is 0.738. The van der Waals surface area contributed by atoms with Crippen LogP contribution in [0.1, 0.15) is 23.3 Å². The van der Waals surface area contributed by atoms with Crippen molar-refractivity contribution in [1.29, 1.82) is 0 Å². The van der Waals surface area contributed by atoms with E-state index in [2.05, 4.69) is 55.8 Å². The Balaban J connectivity index is 1.23. The second kappa shape index (κ2) is 8.67. The standard InChI is InChI=1S/C21H25N5OS/c1-15-11-18-20(23-14-24-21(18)28-15)22-12-19(27)25-17-7-9-26(10-8-17)13-16-5-3-2-4-6-16/h2-6,11,14,17H,7-10,12-13H2,1H3,(H,25,27)(H,22,23,24). The van der Waals surface area contributed by atoms with Crippen molar-refractivity contribution in [1.82, 2.24) is 20.2 Å². The monoisotopic (exact) mass is 395 g/mol. The van der Waals surface area contributed by atoms with Gasteiger partial charge in [-0.2, -0.15) is 0 Å². The third-order valence-electron chi connectivity index (χ3n) is 5.07. The molecule has 0 bridgehead atoms. The Kier molecular flexibility index (Phi) is 5.83. The molecule has 0 aliphatic carbocycles. The molecule has 1 aliphatic rings. The minimum Gasteiger partial charge on any atom is -0.360 e. The number of hydrogen-bond acceptors (Lipinski definition) is 6. The van der Waals surface area contributed by atoms with Gasteiger partial charge in [0, 0.05) is 30.6 Å². The van der Waals surface area contributed by atoms with Crippen LogP contribution in [0, 0.1) is 6.92 Å². The number of nitrogens with zero attached hydrogens (tertiary/aromatic N) is 3. The van der Waals surface area contributed by atoms with E-state index in [0.717, 1.165) is 48.5 Å². The predicted octanol–water partition coefficient (Wildman–Crippen LogP) is 3.19. The van der Waals surface area contributed by atoms with Crippen LogP contribution in [0.3, 0.4) is 0 Å². The summed E-state index contributed by atoms with van der Waals surface area (Å²) in [5.41, 5.74) is 1.34. The van der Waals surface area contributed by atoms with Gasteiger partial charge in [0.1, 0.15) is 17.0 Å². The first-order valence-electron chi connectivity index (χ1n) is 9.68. The number of rotatable bonds is 6. The highest BCUT2D eigenvalue weighted by atomic mass is 32.1. The average molecular weight is 396 g/mol. The summed E-state index contributed by atoms with van der Waals surface area (Å²) in [4.78, 5) is 25.5. The van der Waals surface area contributed by atoms with E-state index >= 15 is 0 Å². The smallest absolute Gasteiger partial charge is 0.239 e. The topological polar surface area (TPSA) is 70.2 Å². The average Bonchev–Trinajstić information content (AvgIpc) is 3.09. The number of aromatic nitrogens is 2. The Morgan fingerprint density at radius 3 is 2.79 bits per heavy atom. The molecule has 1 aliphatic heterocycles. The number of piperidine rings is 1. The lowest BCUT2D eigenvalue weighted by atomic mass is 10.0. The van der Waals surface area contributed by atoms with Crippen molar-refractivity contribution < 1.29 is 4.79 Å². The SMILES string of the molecule is Cc1cc2c(NCC(=O)NC3CCN(Cc4ccccc4)CC3)ncnc2s1. The van der Waals surface area contributed by atoms with Crippen molar-refractivity contribution in [2.24, 2.45) is 0 Å². The lowest BCUT2D eigenvalue weighted by Gasteiger charge is -2.32. The molecule has 1 fully saturated rings.